The van der Waals surface area contributed by atoms with Gasteiger partial charge in [0, 0.05) is 20.8 Å². The summed E-state index contributed by atoms with van der Waals surface area (Å²) in [7, 11) is -3.65. The van der Waals surface area contributed by atoms with Gasteiger partial charge in [0.2, 0.25) is 0 Å². The van der Waals surface area contributed by atoms with Crippen molar-refractivity contribution in [2.75, 3.05) is 13.2 Å². The maximum atomic E-state index is 9.91. The number of aliphatic hydroxyl groups is 2. The lowest BCUT2D eigenvalue weighted by Crippen LogP contribution is -2.35. The first-order valence-corrected chi connectivity index (χ1v) is 19.2. The predicted octanol–water partition coefficient (Wildman–Crippen LogP) is 3.31. The highest BCUT2D eigenvalue weighted by atomic mass is 28.4. The molecule has 0 aromatic heterocycles. The van der Waals surface area contributed by atoms with Crippen molar-refractivity contribution in [3.63, 3.8) is 0 Å². The Kier molecular flexibility index (Phi) is 15.7. The van der Waals surface area contributed by atoms with Crippen LogP contribution in [0.4, 0.5) is 0 Å². The summed E-state index contributed by atoms with van der Waals surface area (Å²) in [5, 5.41) is 26.7. The fraction of sp³-hybridized carbons (Fsp3) is 0.833. The molecule has 3 atom stereocenters. The molecule has 0 amide bonds. The van der Waals surface area contributed by atoms with Gasteiger partial charge >= 0.3 is 5.97 Å². The fourth-order valence-corrected chi connectivity index (χ4v) is 9.54. The molecule has 0 aliphatic carbocycles. The minimum absolute atomic E-state index is 0.222. The summed E-state index contributed by atoms with van der Waals surface area (Å²) in [6, 6.07) is 2.22. The van der Waals surface area contributed by atoms with Crippen molar-refractivity contribution >= 4 is 31.4 Å². The molecule has 0 spiro atoms. The first-order valence-electron chi connectivity index (χ1n) is 9.65. The Hall–Kier alpha value is -0.299. The van der Waals surface area contributed by atoms with Gasteiger partial charge in [-0.2, -0.15) is 0 Å². The van der Waals surface area contributed by atoms with E-state index in [1.54, 1.807) is 0 Å². The molecule has 0 rings (SSSR count). The molecule has 6 nitrogen and oxygen atoms in total. The smallest absolute Gasteiger partial charge is 0.327 e. The average molecular weight is 439 g/mol. The minimum Gasteiger partial charge on any atom is -0.478 e. The van der Waals surface area contributed by atoms with E-state index in [2.05, 4.69) is 52.4 Å². The third kappa shape index (κ3) is 21.9. The number of ether oxygens (including phenoxy) is 1. The molecule has 0 aromatic rings. The van der Waals surface area contributed by atoms with Crippen LogP contribution in [-0.2, 0) is 13.6 Å². The minimum atomic E-state index is -1.41. The molecule has 162 valence electrons. The van der Waals surface area contributed by atoms with Crippen molar-refractivity contribution < 1.29 is 29.0 Å². The molecule has 3 unspecified atom stereocenters. The SMILES string of the molecule is C=CC(=O)O.C[SiH](CCCOC(CC[Si](C)(C)C)C(O)CO)O[Si](C)(C)C. The molecule has 0 heterocycles. The lowest BCUT2D eigenvalue weighted by atomic mass is 10.1. The number of carboxylic acid groups (broad SMARTS) is 1. The van der Waals surface area contributed by atoms with Gasteiger partial charge < -0.3 is 24.2 Å². The molecule has 0 radical (unpaired) electrons. The molecule has 0 aliphatic heterocycles. The van der Waals surface area contributed by atoms with Crippen LogP contribution in [-0.4, -0.2) is 72.1 Å². The van der Waals surface area contributed by atoms with E-state index in [0.717, 1.165) is 31.0 Å². The molecular formula is C18H42O6Si3. The van der Waals surface area contributed by atoms with E-state index in [4.69, 9.17) is 14.0 Å². The second-order valence-electron chi connectivity index (χ2n) is 8.98. The monoisotopic (exact) mass is 438 g/mol. The summed E-state index contributed by atoms with van der Waals surface area (Å²) in [6.45, 7) is 19.3. The number of hydrogen-bond acceptors (Lipinski definition) is 5. The number of carbonyl (C=O) groups is 1. The van der Waals surface area contributed by atoms with Gasteiger partial charge in [0.1, 0.15) is 6.10 Å². The van der Waals surface area contributed by atoms with Crippen molar-refractivity contribution in [1.29, 1.82) is 0 Å². The molecular weight excluding hydrogens is 396 g/mol. The standard InChI is InChI=1S/C15H38O4Si3.C3H4O2/c1-20(19-22(5,6)7)11-8-10-18-15(14(17)13-16)9-12-21(2,3)4;1-2-3(4)5/h14-17,20H,8-13H2,1-7H3;2H,1H2,(H,4,5). The van der Waals surface area contributed by atoms with Crippen LogP contribution in [0.3, 0.4) is 0 Å². The van der Waals surface area contributed by atoms with Crippen molar-refractivity contribution in [2.45, 2.75) is 83.0 Å². The average Bonchev–Trinajstić information content (AvgIpc) is 2.51. The summed E-state index contributed by atoms with van der Waals surface area (Å²) in [6.07, 6.45) is 1.67. The van der Waals surface area contributed by atoms with E-state index in [-0.39, 0.29) is 12.7 Å². The van der Waals surface area contributed by atoms with Gasteiger partial charge in [-0.1, -0.05) is 32.3 Å². The Morgan fingerprint density at radius 1 is 1.22 bits per heavy atom. The zero-order valence-electron chi connectivity index (χ0n) is 18.3. The third-order valence-electron chi connectivity index (χ3n) is 3.61. The topological polar surface area (TPSA) is 96.2 Å². The zero-order valence-corrected chi connectivity index (χ0v) is 21.5. The van der Waals surface area contributed by atoms with Crippen LogP contribution >= 0.6 is 0 Å². The van der Waals surface area contributed by atoms with Crippen LogP contribution < -0.4 is 0 Å². The Bertz CT molecular complexity index is 407. The van der Waals surface area contributed by atoms with Crippen LogP contribution in [0.2, 0.25) is 57.9 Å². The summed E-state index contributed by atoms with van der Waals surface area (Å²) in [4.78, 5) is 9.25. The van der Waals surface area contributed by atoms with Crippen molar-refractivity contribution in [3.05, 3.63) is 12.7 Å². The number of rotatable bonds is 13. The van der Waals surface area contributed by atoms with Gasteiger partial charge in [-0.3, -0.25) is 0 Å². The normalized spacial score (nSPS) is 15.3. The Balaban J connectivity index is 0. The molecule has 0 saturated carbocycles. The maximum Gasteiger partial charge on any atom is 0.327 e. The van der Waals surface area contributed by atoms with Crippen molar-refractivity contribution in [2.24, 2.45) is 0 Å². The lowest BCUT2D eigenvalue weighted by molar-refractivity contribution is -0.131. The molecule has 0 aromatic carbocycles. The summed E-state index contributed by atoms with van der Waals surface area (Å²) >= 11 is 0. The van der Waals surface area contributed by atoms with Crippen LogP contribution in [0.1, 0.15) is 12.8 Å². The van der Waals surface area contributed by atoms with Crippen LogP contribution in [0.25, 0.3) is 0 Å². The summed E-state index contributed by atoms with van der Waals surface area (Å²) in [5.41, 5.74) is 0. The van der Waals surface area contributed by atoms with Gasteiger partial charge in [-0.05, 0) is 45.1 Å². The fourth-order valence-electron chi connectivity index (χ4n) is 2.35. The van der Waals surface area contributed by atoms with Gasteiger partial charge in [0.15, 0.2) is 17.4 Å². The third-order valence-corrected chi connectivity index (χ3v) is 11.1. The van der Waals surface area contributed by atoms with Gasteiger partial charge in [-0.15, -0.1) is 0 Å². The van der Waals surface area contributed by atoms with E-state index in [1.807, 2.05) is 0 Å². The van der Waals surface area contributed by atoms with Gasteiger partial charge in [0.05, 0.1) is 12.7 Å². The molecule has 9 heteroatoms. The van der Waals surface area contributed by atoms with Crippen molar-refractivity contribution in [3.8, 4) is 0 Å². The highest BCUT2D eigenvalue weighted by Crippen LogP contribution is 2.18. The molecule has 3 N–H and O–H groups in total. The van der Waals surface area contributed by atoms with Crippen molar-refractivity contribution in [1.82, 2.24) is 0 Å². The van der Waals surface area contributed by atoms with Crippen LogP contribution in [0.15, 0.2) is 12.7 Å². The van der Waals surface area contributed by atoms with E-state index in [9.17, 15) is 15.0 Å². The zero-order chi connectivity index (χ0) is 21.7. The Morgan fingerprint density at radius 2 is 1.74 bits per heavy atom. The second kappa shape index (κ2) is 14.7. The number of hydrogen-bond donors (Lipinski definition) is 3. The summed E-state index contributed by atoms with van der Waals surface area (Å²) < 4.78 is 12.0. The quantitative estimate of drug-likeness (QED) is 0.232. The number of aliphatic carboxylic acids is 1. The van der Waals surface area contributed by atoms with E-state index >= 15 is 0 Å². The Morgan fingerprint density at radius 3 is 2.11 bits per heavy atom. The molecule has 0 aliphatic rings. The number of aliphatic hydroxyl groups excluding tert-OH is 2. The molecule has 0 saturated heterocycles. The van der Waals surface area contributed by atoms with E-state index in [0.29, 0.717) is 6.61 Å². The molecule has 0 bridgehead atoms. The Labute approximate surface area is 169 Å². The van der Waals surface area contributed by atoms with E-state index < -0.39 is 37.5 Å². The molecule has 27 heavy (non-hydrogen) atoms. The second-order valence-corrected chi connectivity index (χ2v) is 22.0. The lowest BCUT2D eigenvalue weighted by Gasteiger charge is -2.26. The highest BCUT2D eigenvalue weighted by molar-refractivity contribution is 6.77. The first kappa shape index (κ1) is 28.9. The highest BCUT2D eigenvalue weighted by Gasteiger charge is 2.23. The maximum absolute atomic E-state index is 9.91. The predicted molar refractivity (Wildman–Crippen MR) is 120 cm³/mol. The van der Waals surface area contributed by atoms with E-state index in [1.165, 1.54) is 0 Å². The van der Waals surface area contributed by atoms with Gasteiger partial charge in [0.25, 0.3) is 0 Å². The number of carboxylic acids is 1. The largest absolute Gasteiger partial charge is 0.478 e. The summed E-state index contributed by atoms with van der Waals surface area (Å²) in [5.74, 6) is -0.981. The van der Waals surface area contributed by atoms with Crippen LogP contribution in [0.5, 0.6) is 0 Å². The van der Waals surface area contributed by atoms with Gasteiger partial charge in [-0.25, -0.2) is 4.79 Å². The molecule has 0 fully saturated rings. The van der Waals surface area contributed by atoms with Crippen LogP contribution in [0, 0.1) is 0 Å². The first-order chi connectivity index (χ1) is 12.2.